The van der Waals surface area contributed by atoms with Gasteiger partial charge in [0.1, 0.15) is 11.6 Å². The summed E-state index contributed by atoms with van der Waals surface area (Å²) in [6.07, 6.45) is 2.44. The Balaban J connectivity index is 2.18. The predicted octanol–water partition coefficient (Wildman–Crippen LogP) is 0.167. The lowest BCUT2D eigenvalue weighted by Gasteiger charge is -2.20. The molecule has 1 heterocycles. The largest absolute Gasteiger partial charge is 0.480 e. The number of carboxylic acids is 2. The third kappa shape index (κ3) is 3.15. The van der Waals surface area contributed by atoms with Crippen molar-refractivity contribution in [1.29, 1.82) is 0 Å². The molecule has 1 aliphatic heterocycles. The zero-order valence-electron chi connectivity index (χ0n) is 11.7. The van der Waals surface area contributed by atoms with Gasteiger partial charge in [-0.25, -0.2) is 4.79 Å². The van der Waals surface area contributed by atoms with Crippen molar-refractivity contribution in [3.8, 4) is 0 Å². The van der Waals surface area contributed by atoms with Crippen molar-refractivity contribution in [2.75, 3.05) is 6.54 Å². The monoisotopic (exact) mass is 304 g/mol. The Kier molecular flexibility index (Phi) is 4.27. The fourth-order valence-electron chi connectivity index (χ4n) is 2.37. The zero-order valence-corrected chi connectivity index (χ0v) is 11.7. The maximum absolute atomic E-state index is 12.2. The lowest BCUT2D eigenvalue weighted by Crippen LogP contribution is -2.50. The van der Waals surface area contributed by atoms with Crippen molar-refractivity contribution in [2.45, 2.75) is 18.0 Å². The van der Waals surface area contributed by atoms with Crippen molar-refractivity contribution in [2.24, 2.45) is 5.73 Å². The Morgan fingerprint density at radius 2 is 1.86 bits per heavy atom. The van der Waals surface area contributed by atoms with Gasteiger partial charge < -0.3 is 20.8 Å². The topological polar surface area (TPSA) is 121 Å². The summed E-state index contributed by atoms with van der Waals surface area (Å²) in [6, 6.07) is 7.76. The number of hydrogen-bond donors (Lipinski definition) is 3. The molecule has 116 valence electrons. The summed E-state index contributed by atoms with van der Waals surface area (Å²) >= 11 is 0. The molecule has 7 nitrogen and oxygen atoms in total. The number of hydrogen-bond acceptors (Lipinski definition) is 4. The van der Waals surface area contributed by atoms with E-state index in [-0.39, 0.29) is 13.0 Å². The Labute approximate surface area is 126 Å². The maximum atomic E-state index is 12.2. The Hall–Kier alpha value is -2.67. The Morgan fingerprint density at radius 3 is 2.41 bits per heavy atom. The molecule has 2 atom stereocenters. The van der Waals surface area contributed by atoms with Crippen LogP contribution in [0, 0.1) is 0 Å². The van der Waals surface area contributed by atoms with Gasteiger partial charge >= 0.3 is 11.9 Å². The summed E-state index contributed by atoms with van der Waals surface area (Å²) in [4.78, 5) is 35.6. The SMILES string of the molecule is N[C@]1(C(=O)O)C[C@H](C(=O)O)N(C(=O)C=Cc2ccccc2)C1. The van der Waals surface area contributed by atoms with Crippen molar-refractivity contribution in [3.05, 3.63) is 42.0 Å². The molecule has 0 unspecified atom stereocenters. The molecule has 2 rings (SSSR count). The van der Waals surface area contributed by atoms with E-state index >= 15 is 0 Å². The Morgan fingerprint density at radius 1 is 1.23 bits per heavy atom. The summed E-state index contributed by atoms with van der Waals surface area (Å²) in [6.45, 7) is -0.336. The molecule has 0 spiro atoms. The molecule has 1 aromatic carbocycles. The second-order valence-corrected chi connectivity index (χ2v) is 5.23. The minimum Gasteiger partial charge on any atom is -0.480 e. The highest BCUT2D eigenvalue weighted by molar-refractivity contribution is 5.96. The molecule has 1 aliphatic rings. The highest BCUT2D eigenvalue weighted by Crippen LogP contribution is 2.26. The number of aliphatic carboxylic acids is 2. The van der Waals surface area contributed by atoms with Crippen LogP contribution >= 0.6 is 0 Å². The van der Waals surface area contributed by atoms with Crippen LogP contribution in [-0.4, -0.2) is 51.1 Å². The molecule has 0 radical (unpaired) electrons. The van der Waals surface area contributed by atoms with Crippen LogP contribution in [0.15, 0.2) is 36.4 Å². The average molecular weight is 304 g/mol. The first-order valence-corrected chi connectivity index (χ1v) is 6.62. The van der Waals surface area contributed by atoms with E-state index in [2.05, 4.69) is 0 Å². The molecule has 4 N–H and O–H groups in total. The number of likely N-dealkylation sites (tertiary alicyclic amines) is 1. The van der Waals surface area contributed by atoms with E-state index in [0.717, 1.165) is 10.5 Å². The van der Waals surface area contributed by atoms with Gasteiger partial charge in [0.2, 0.25) is 5.91 Å². The predicted molar refractivity (Wildman–Crippen MR) is 77.8 cm³/mol. The van der Waals surface area contributed by atoms with Gasteiger partial charge in [-0.15, -0.1) is 0 Å². The molecule has 1 amide bonds. The molecule has 1 aromatic rings. The van der Waals surface area contributed by atoms with Gasteiger partial charge in [0, 0.05) is 12.5 Å². The minimum atomic E-state index is -1.74. The number of carbonyl (C=O) groups excluding carboxylic acids is 1. The van der Waals surface area contributed by atoms with Crippen molar-refractivity contribution in [1.82, 2.24) is 4.90 Å². The van der Waals surface area contributed by atoms with Crippen molar-refractivity contribution < 1.29 is 24.6 Å². The van der Waals surface area contributed by atoms with Crippen LogP contribution in [0.5, 0.6) is 0 Å². The van der Waals surface area contributed by atoms with Gasteiger partial charge in [0.05, 0.1) is 6.54 Å². The minimum absolute atomic E-state index is 0.317. The zero-order chi connectivity index (χ0) is 16.3. The molecule has 0 aromatic heterocycles. The van der Waals surface area contributed by atoms with Crippen molar-refractivity contribution in [3.63, 3.8) is 0 Å². The number of amides is 1. The van der Waals surface area contributed by atoms with Gasteiger partial charge in [-0.2, -0.15) is 0 Å². The normalized spacial score (nSPS) is 24.6. The van der Waals surface area contributed by atoms with Gasteiger partial charge in [-0.1, -0.05) is 30.3 Å². The highest BCUT2D eigenvalue weighted by atomic mass is 16.4. The van der Waals surface area contributed by atoms with Gasteiger partial charge in [0.25, 0.3) is 0 Å². The second-order valence-electron chi connectivity index (χ2n) is 5.23. The van der Waals surface area contributed by atoms with Gasteiger partial charge in [-0.05, 0) is 11.6 Å². The van der Waals surface area contributed by atoms with E-state index in [1.165, 1.54) is 6.08 Å². The number of nitrogens with zero attached hydrogens (tertiary/aromatic N) is 1. The van der Waals surface area contributed by atoms with E-state index < -0.39 is 29.4 Å². The van der Waals surface area contributed by atoms with Gasteiger partial charge in [0.15, 0.2) is 0 Å². The molecular weight excluding hydrogens is 288 g/mol. The standard InChI is InChI=1S/C15H16N2O5/c16-15(14(21)22)8-11(13(19)20)17(9-15)12(18)7-6-10-4-2-1-3-5-10/h1-7,11H,8-9,16H2,(H,19,20)(H,21,22)/t11-,15-/m1/s1. The van der Waals surface area contributed by atoms with E-state index in [4.69, 9.17) is 15.9 Å². The third-order valence-electron chi connectivity index (χ3n) is 3.60. The van der Waals surface area contributed by atoms with E-state index in [1.807, 2.05) is 6.07 Å². The molecule has 7 heteroatoms. The maximum Gasteiger partial charge on any atom is 0.326 e. The first-order chi connectivity index (χ1) is 10.3. The molecule has 0 aliphatic carbocycles. The van der Waals surface area contributed by atoms with Crippen LogP contribution in [0.3, 0.4) is 0 Å². The van der Waals surface area contributed by atoms with E-state index in [9.17, 15) is 14.4 Å². The first-order valence-electron chi connectivity index (χ1n) is 6.62. The van der Waals surface area contributed by atoms with Crippen LogP contribution in [0.25, 0.3) is 6.08 Å². The molecule has 0 saturated carbocycles. The molecular formula is C15H16N2O5. The van der Waals surface area contributed by atoms with Crippen LogP contribution in [-0.2, 0) is 14.4 Å². The number of carbonyl (C=O) groups is 3. The number of benzene rings is 1. The molecule has 22 heavy (non-hydrogen) atoms. The third-order valence-corrected chi connectivity index (χ3v) is 3.60. The van der Waals surface area contributed by atoms with Crippen LogP contribution in [0.1, 0.15) is 12.0 Å². The molecule has 1 fully saturated rings. The van der Waals surface area contributed by atoms with Crippen LogP contribution in [0.4, 0.5) is 0 Å². The summed E-state index contributed by atoms with van der Waals surface area (Å²) in [5.41, 5.74) is 4.72. The quantitative estimate of drug-likeness (QED) is 0.682. The smallest absolute Gasteiger partial charge is 0.326 e. The molecule has 0 bridgehead atoms. The van der Waals surface area contributed by atoms with Crippen LogP contribution < -0.4 is 5.73 Å². The van der Waals surface area contributed by atoms with E-state index in [1.54, 1.807) is 30.3 Å². The first kappa shape index (κ1) is 15.7. The van der Waals surface area contributed by atoms with E-state index in [0.29, 0.717) is 0 Å². The number of rotatable bonds is 4. The fourth-order valence-corrected chi connectivity index (χ4v) is 2.37. The summed E-state index contributed by atoms with van der Waals surface area (Å²) in [5, 5.41) is 18.3. The second kappa shape index (κ2) is 5.98. The summed E-state index contributed by atoms with van der Waals surface area (Å²) in [7, 11) is 0. The fraction of sp³-hybridized carbons (Fsp3) is 0.267. The van der Waals surface area contributed by atoms with Crippen molar-refractivity contribution >= 4 is 23.9 Å². The Bertz CT molecular complexity index is 628. The lowest BCUT2D eigenvalue weighted by atomic mass is 9.98. The highest BCUT2D eigenvalue weighted by Gasteiger charge is 2.50. The number of nitrogens with two attached hydrogens (primary N) is 1. The molecule has 1 saturated heterocycles. The van der Waals surface area contributed by atoms with Crippen LogP contribution in [0.2, 0.25) is 0 Å². The van der Waals surface area contributed by atoms with Gasteiger partial charge in [-0.3, -0.25) is 9.59 Å². The summed E-state index contributed by atoms with van der Waals surface area (Å²) < 4.78 is 0. The summed E-state index contributed by atoms with van der Waals surface area (Å²) in [5.74, 6) is -3.17. The average Bonchev–Trinajstić information content (AvgIpc) is 2.86. The number of carboxylic acid groups (broad SMARTS) is 2. The lowest BCUT2D eigenvalue weighted by molar-refractivity contribution is -0.146.